The summed E-state index contributed by atoms with van der Waals surface area (Å²) in [7, 11) is 0. The highest BCUT2D eigenvalue weighted by molar-refractivity contribution is 5.99. The molecule has 0 unspecified atom stereocenters. The average molecular weight is 404 g/mol. The minimum Gasteiger partial charge on any atom is -0.494 e. The number of nitrogens with zero attached hydrogens (tertiary/aromatic N) is 2. The molecule has 2 aromatic carbocycles. The lowest BCUT2D eigenvalue weighted by Gasteiger charge is -2.15. The molecule has 0 spiro atoms. The van der Waals surface area contributed by atoms with Gasteiger partial charge in [-0.3, -0.25) is 4.79 Å². The molecule has 1 heterocycles. The van der Waals surface area contributed by atoms with Gasteiger partial charge in [0.05, 0.1) is 12.3 Å². The van der Waals surface area contributed by atoms with E-state index < -0.39 is 0 Å². The van der Waals surface area contributed by atoms with E-state index >= 15 is 0 Å². The average Bonchev–Trinajstić information content (AvgIpc) is 3.10. The molecule has 1 amide bonds. The first-order chi connectivity index (χ1) is 14.7. The fraction of sp³-hybridized carbons (Fsp3) is 0.360. The summed E-state index contributed by atoms with van der Waals surface area (Å²) in [5.41, 5.74) is 8.57. The fourth-order valence-corrected chi connectivity index (χ4v) is 4.28. The third-order valence-corrected chi connectivity index (χ3v) is 5.78. The first kappa shape index (κ1) is 20.2. The maximum Gasteiger partial charge on any atom is 0.241 e. The van der Waals surface area contributed by atoms with Gasteiger partial charge in [-0.25, -0.2) is 5.43 Å². The van der Waals surface area contributed by atoms with Gasteiger partial charge in [0.15, 0.2) is 0 Å². The standard InChI is InChI=1S/C25H29N3O2/c1-3-30-20-14-12-19(13-15-20)18(2)26-27-25(29)16-17-28-23-10-6-4-8-21(23)22-9-5-7-11-24(22)28/h4,6,8,10,12-15H,3,5,7,9,11,16-17H2,1-2H3,(H,27,29)/b26-18-. The number of aryl methyl sites for hydroxylation is 2. The van der Waals surface area contributed by atoms with Crippen molar-refractivity contribution in [1.82, 2.24) is 9.99 Å². The lowest BCUT2D eigenvalue weighted by atomic mass is 9.95. The Hall–Kier alpha value is -3.08. The topological polar surface area (TPSA) is 55.6 Å². The largest absolute Gasteiger partial charge is 0.494 e. The Morgan fingerprint density at radius 2 is 1.87 bits per heavy atom. The third-order valence-electron chi connectivity index (χ3n) is 5.78. The molecule has 0 saturated heterocycles. The zero-order chi connectivity index (χ0) is 20.9. The van der Waals surface area contributed by atoms with E-state index in [0.717, 1.165) is 29.9 Å². The molecule has 1 N–H and O–H groups in total. The zero-order valence-electron chi connectivity index (χ0n) is 17.8. The van der Waals surface area contributed by atoms with Crippen LogP contribution in [0.15, 0.2) is 53.6 Å². The van der Waals surface area contributed by atoms with E-state index in [1.807, 2.05) is 38.1 Å². The summed E-state index contributed by atoms with van der Waals surface area (Å²) in [6, 6.07) is 16.3. The van der Waals surface area contributed by atoms with E-state index in [-0.39, 0.29) is 5.91 Å². The molecule has 0 bridgehead atoms. The summed E-state index contributed by atoms with van der Waals surface area (Å²) in [5, 5.41) is 5.63. The Morgan fingerprint density at radius 3 is 2.67 bits per heavy atom. The summed E-state index contributed by atoms with van der Waals surface area (Å²) in [6.45, 7) is 5.18. The molecule has 5 heteroatoms. The van der Waals surface area contributed by atoms with Crippen molar-refractivity contribution in [1.29, 1.82) is 0 Å². The van der Waals surface area contributed by atoms with Crippen molar-refractivity contribution in [2.75, 3.05) is 6.61 Å². The fourth-order valence-electron chi connectivity index (χ4n) is 4.28. The van der Waals surface area contributed by atoms with E-state index in [9.17, 15) is 4.79 Å². The molecule has 1 aliphatic rings. The van der Waals surface area contributed by atoms with E-state index in [2.05, 4.69) is 39.4 Å². The van der Waals surface area contributed by atoms with Crippen molar-refractivity contribution in [2.45, 2.75) is 52.5 Å². The van der Waals surface area contributed by atoms with Crippen molar-refractivity contribution < 1.29 is 9.53 Å². The van der Waals surface area contributed by atoms with Crippen LogP contribution in [-0.4, -0.2) is 22.8 Å². The number of rotatable bonds is 7. The maximum absolute atomic E-state index is 12.5. The molecular formula is C25H29N3O2. The van der Waals surface area contributed by atoms with Gasteiger partial charge in [-0.2, -0.15) is 5.10 Å². The van der Waals surface area contributed by atoms with Crippen molar-refractivity contribution in [3.05, 3.63) is 65.4 Å². The van der Waals surface area contributed by atoms with Gasteiger partial charge in [-0.05, 0) is 81.0 Å². The number of para-hydroxylation sites is 1. The van der Waals surface area contributed by atoms with Crippen molar-refractivity contribution in [2.24, 2.45) is 5.10 Å². The second kappa shape index (κ2) is 9.16. The quantitative estimate of drug-likeness (QED) is 0.453. The van der Waals surface area contributed by atoms with Crippen molar-refractivity contribution in [3.63, 3.8) is 0 Å². The molecule has 1 aliphatic carbocycles. The molecule has 3 aromatic rings. The van der Waals surface area contributed by atoms with Gasteiger partial charge in [0.2, 0.25) is 5.91 Å². The van der Waals surface area contributed by atoms with Crippen LogP contribution in [0.3, 0.4) is 0 Å². The van der Waals surface area contributed by atoms with Crippen molar-refractivity contribution >= 4 is 22.5 Å². The Bertz CT molecular complexity index is 1060. The van der Waals surface area contributed by atoms with Crippen LogP contribution in [-0.2, 0) is 24.2 Å². The third kappa shape index (κ3) is 4.25. The number of hydrogen-bond donors (Lipinski definition) is 1. The Morgan fingerprint density at radius 1 is 1.10 bits per heavy atom. The number of aromatic nitrogens is 1. The summed E-state index contributed by atoms with van der Waals surface area (Å²) in [6.07, 6.45) is 5.12. The number of benzene rings is 2. The van der Waals surface area contributed by atoms with Crippen LogP contribution in [0.4, 0.5) is 0 Å². The van der Waals surface area contributed by atoms with E-state index in [1.54, 1.807) is 0 Å². The van der Waals surface area contributed by atoms with Crippen LogP contribution in [0.1, 0.15) is 49.9 Å². The number of nitrogens with one attached hydrogen (secondary N) is 1. The van der Waals surface area contributed by atoms with Gasteiger partial charge < -0.3 is 9.30 Å². The Kier molecular flexibility index (Phi) is 6.17. The van der Waals surface area contributed by atoms with E-state index in [4.69, 9.17) is 4.74 Å². The predicted octanol–water partition coefficient (Wildman–Crippen LogP) is 4.85. The monoisotopic (exact) mass is 403 g/mol. The van der Waals surface area contributed by atoms with Crippen LogP contribution >= 0.6 is 0 Å². The lowest BCUT2D eigenvalue weighted by Crippen LogP contribution is -2.21. The summed E-state index contributed by atoms with van der Waals surface area (Å²) < 4.78 is 7.80. The van der Waals surface area contributed by atoms with Crippen LogP contribution in [0.25, 0.3) is 10.9 Å². The van der Waals surface area contributed by atoms with Gasteiger partial charge >= 0.3 is 0 Å². The molecular weight excluding hydrogens is 374 g/mol. The predicted molar refractivity (Wildman–Crippen MR) is 121 cm³/mol. The summed E-state index contributed by atoms with van der Waals surface area (Å²) in [4.78, 5) is 12.5. The number of carbonyl (C=O) groups is 1. The number of amides is 1. The van der Waals surface area contributed by atoms with Crippen LogP contribution in [0, 0.1) is 0 Å². The van der Waals surface area contributed by atoms with Crippen LogP contribution in [0.2, 0.25) is 0 Å². The van der Waals surface area contributed by atoms with Gasteiger partial charge in [0.1, 0.15) is 5.75 Å². The Labute approximate surface area is 177 Å². The molecule has 0 saturated carbocycles. The normalized spacial score (nSPS) is 13.9. The first-order valence-electron chi connectivity index (χ1n) is 10.8. The van der Waals surface area contributed by atoms with Crippen molar-refractivity contribution in [3.8, 4) is 5.75 Å². The van der Waals surface area contributed by atoms with Gasteiger partial charge in [0, 0.05) is 29.6 Å². The SMILES string of the molecule is CCOc1ccc(/C(C)=N\NC(=O)CCn2c3c(c4ccccc42)CCCC3)cc1. The number of hydrazone groups is 1. The van der Waals surface area contributed by atoms with Gasteiger partial charge in [-0.15, -0.1) is 0 Å². The number of ether oxygens (including phenoxy) is 1. The van der Waals surface area contributed by atoms with E-state index in [1.165, 1.54) is 35.0 Å². The molecule has 0 radical (unpaired) electrons. The summed E-state index contributed by atoms with van der Waals surface area (Å²) in [5.74, 6) is 0.767. The zero-order valence-corrected chi connectivity index (χ0v) is 17.8. The molecule has 4 rings (SSSR count). The molecule has 30 heavy (non-hydrogen) atoms. The molecule has 0 atom stereocenters. The highest BCUT2D eigenvalue weighted by Gasteiger charge is 2.19. The highest BCUT2D eigenvalue weighted by atomic mass is 16.5. The lowest BCUT2D eigenvalue weighted by molar-refractivity contribution is -0.121. The number of fused-ring (bicyclic) bond motifs is 3. The second-order valence-electron chi connectivity index (χ2n) is 7.74. The van der Waals surface area contributed by atoms with Crippen LogP contribution in [0.5, 0.6) is 5.75 Å². The molecule has 1 aromatic heterocycles. The highest BCUT2D eigenvalue weighted by Crippen LogP contribution is 2.32. The minimum atomic E-state index is -0.0670. The first-order valence-corrected chi connectivity index (χ1v) is 10.8. The Balaban J connectivity index is 1.41. The van der Waals surface area contributed by atoms with Gasteiger partial charge in [-0.1, -0.05) is 18.2 Å². The second-order valence-corrected chi connectivity index (χ2v) is 7.74. The van der Waals surface area contributed by atoms with Gasteiger partial charge in [0.25, 0.3) is 0 Å². The van der Waals surface area contributed by atoms with Crippen LogP contribution < -0.4 is 10.2 Å². The smallest absolute Gasteiger partial charge is 0.241 e. The van der Waals surface area contributed by atoms with E-state index in [0.29, 0.717) is 19.6 Å². The molecule has 156 valence electrons. The molecule has 0 fully saturated rings. The molecule has 5 nitrogen and oxygen atoms in total. The molecule has 0 aliphatic heterocycles. The number of hydrogen-bond acceptors (Lipinski definition) is 3. The summed E-state index contributed by atoms with van der Waals surface area (Å²) >= 11 is 0. The maximum atomic E-state index is 12.5. The minimum absolute atomic E-state index is 0.0670. The number of carbonyl (C=O) groups excluding carboxylic acids is 1.